The number of benzene rings is 1. The van der Waals surface area contributed by atoms with Gasteiger partial charge in [-0.05, 0) is 12.5 Å². The van der Waals surface area contributed by atoms with Crippen LogP contribution in [0, 0.1) is 0 Å². The summed E-state index contributed by atoms with van der Waals surface area (Å²) in [6.45, 7) is 2.24. The predicted octanol–water partition coefficient (Wildman–Crippen LogP) is 2.60. The molecule has 0 N–H and O–H groups in total. The van der Waals surface area contributed by atoms with Gasteiger partial charge in [-0.3, -0.25) is 0 Å². The molecular weight excluding hydrogens is 290 g/mol. The third-order valence-electron chi connectivity index (χ3n) is 2.98. The van der Waals surface area contributed by atoms with E-state index in [1.807, 2.05) is 37.3 Å². The molecule has 1 aromatic carbocycles. The van der Waals surface area contributed by atoms with Crippen LogP contribution >= 0.6 is 11.6 Å². The van der Waals surface area contributed by atoms with Gasteiger partial charge in [0, 0.05) is 6.42 Å². The van der Waals surface area contributed by atoms with Crippen LogP contribution in [-0.2, 0) is 13.0 Å². The van der Waals surface area contributed by atoms with Gasteiger partial charge in [-0.25, -0.2) is 4.68 Å². The number of nitrogens with zero attached hydrogens (tertiary/aromatic N) is 5. The normalized spacial score (nSPS) is 12.5. The number of aromatic nitrogens is 5. The topological polar surface area (TPSA) is 69.6 Å². The molecule has 3 rings (SSSR count). The fourth-order valence-corrected chi connectivity index (χ4v) is 2.02. The lowest BCUT2D eigenvalue weighted by atomic mass is 10.1. The van der Waals surface area contributed by atoms with Crippen molar-refractivity contribution in [2.45, 2.75) is 25.3 Å². The smallest absolute Gasteiger partial charge is 0.248 e. The van der Waals surface area contributed by atoms with Crippen molar-refractivity contribution in [3.63, 3.8) is 0 Å². The van der Waals surface area contributed by atoms with Gasteiger partial charge in [-0.1, -0.05) is 40.7 Å². The number of rotatable bonds is 5. The fraction of sp³-hybridized carbons (Fsp3) is 0.286. The molecule has 21 heavy (non-hydrogen) atoms. The highest BCUT2D eigenvalue weighted by Gasteiger charge is 2.11. The molecule has 0 saturated carbocycles. The quantitative estimate of drug-likeness (QED) is 0.678. The third kappa shape index (κ3) is 3.46. The second-order valence-corrected chi connectivity index (χ2v) is 5.38. The number of alkyl halides is 1. The lowest BCUT2D eigenvalue weighted by Crippen LogP contribution is -2.01. The Hall–Kier alpha value is -2.21. The minimum Gasteiger partial charge on any atom is -0.337 e. The number of hydrogen-bond acceptors (Lipinski definition) is 5. The zero-order valence-electron chi connectivity index (χ0n) is 11.5. The summed E-state index contributed by atoms with van der Waals surface area (Å²) < 4.78 is 6.86. The first-order chi connectivity index (χ1) is 10.2. The molecule has 1 unspecified atom stereocenters. The molecule has 2 aromatic heterocycles. The Morgan fingerprint density at radius 3 is 2.81 bits per heavy atom. The van der Waals surface area contributed by atoms with Gasteiger partial charge in [0.2, 0.25) is 5.89 Å². The van der Waals surface area contributed by atoms with Gasteiger partial charge in [0.05, 0.1) is 11.6 Å². The Morgan fingerprint density at radius 1 is 1.29 bits per heavy atom. The summed E-state index contributed by atoms with van der Waals surface area (Å²) in [5, 5.41) is 11.8. The largest absolute Gasteiger partial charge is 0.337 e. The molecule has 0 aliphatic carbocycles. The van der Waals surface area contributed by atoms with Gasteiger partial charge in [-0.15, -0.1) is 16.7 Å². The number of hydrogen-bond donors (Lipinski definition) is 0. The summed E-state index contributed by atoms with van der Waals surface area (Å²) in [6.07, 6.45) is 2.42. The van der Waals surface area contributed by atoms with Crippen molar-refractivity contribution in [2.24, 2.45) is 0 Å². The molecule has 0 amide bonds. The lowest BCUT2D eigenvalue weighted by Gasteiger charge is -1.95. The second-order valence-electron chi connectivity index (χ2n) is 4.72. The van der Waals surface area contributed by atoms with Gasteiger partial charge in [0.1, 0.15) is 12.2 Å². The van der Waals surface area contributed by atoms with E-state index in [1.54, 1.807) is 10.9 Å². The summed E-state index contributed by atoms with van der Waals surface area (Å²) >= 11 is 5.95. The third-order valence-corrected chi connectivity index (χ3v) is 3.20. The maximum Gasteiger partial charge on any atom is 0.248 e. The van der Waals surface area contributed by atoms with Gasteiger partial charge < -0.3 is 4.52 Å². The van der Waals surface area contributed by atoms with Crippen molar-refractivity contribution in [3.8, 4) is 0 Å². The van der Waals surface area contributed by atoms with Crippen molar-refractivity contribution in [1.29, 1.82) is 0 Å². The van der Waals surface area contributed by atoms with Crippen LogP contribution in [0.15, 0.2) is 41.1 Å². The molecule has 0 radical (unpaired) electrons. The molecule has 1 atom stereocenters. The van der Waals surface area contributed by atoms with Gasteiger partial charge in [0.25, 0.3) is 0 Å². The van der Waals surface area contributed by atoms with E-state index in [2.05, 4.69) is 20.5 Å². The van der Waals surface area contributed by atoms with E-state index >= 15 is 0 Å². The molecule has 0 aliphatic rings. The summed E-state index contributed by atoms with van der Waals surface area (Å²) in [5.41, 5.74) is 1.87. The zero-order chi connectivity index (χ0) is 14.7. The Labute approximate surface area is 126 Å². The van der Waals surface area contributed by atoms with Crippen LogP contribution in [-0.4, -0.2) is 25.1 Å². The van der Waals surface area contributed by atoms with E-state index in [4.69, 9.17) is 16.1 Å². The standard InChI is InChI=1S/C14H14ClN5O/c1-10(15)12-8-20(19-17-12)9-14-16-13(18-21-14)7-11-5-3-2-4-6-11/h2-6,8,10H,7,9H2,1H3. The van der Waals surface area contributed by atoms with Crippen LogP contribution in [0.25, 0.3) is 0 Å². The molecule has 0 aliphatic heterocycles. The Bertz CT molecular complexity index is 707. The number of halogens is 1. The molecule has 0 saturated heterocycles. The predicted molar refractivity (Wildman–Crippen MR) is 76.9 cm³/mol. The molecule has 6 nitrogen and oxygen atoms in total. The molecule has 0 bridgehead atoms. The highest BCUT2D eigenvalue weighted by atomic mass is 35.5. The maximum absolute atomic E-state index is 5.95. The maximum atomic E-state index is 5.95. The molecule has 0 spiro atoms. The van der Waals surface area contributed by atoms with E-state index < -0.39 is 0 Å². The molecule has 2 heterocycles. The van der Waals surface area contributed by atoms with Crippen molar-refractivity contribution in [1.82, 2.24) is 25.1 Å². The van der Waals surface area contributed by atoms with Gasteiger partial charge in [0.15, 0.2) is 5.82 Å². The van der Waals surface area contributed by atoms with Crippen molar-refractivity contribution >= 4 is 11.6 Å². The van der Waals surface area contributed by atoms with Crippen LogP contribution in [0.5, 0.6) is 0 Å². The second kappa shape index (κ2) is 6.05. The van der Waals surface area contributed by atoms with Crippen LogP contribution < -0.4 is 0 Å². The summed E-state index contributed by atoms with van der Waals surface area (Å²) in [4.78, 5) is 4.36. The monoisotopic (exact) mass is 303 g/mol. The molecular formula is C14H14ClN5O. The Kier molecular flexibility index (Phi) is 3.96. The first-order valence-corrected chi connectivity index (χ1v) is 7.04. The highest BCUT2D eigenvalue weighted by Crippen LogP contribution is 2.15. The van der Waals surface area contributed by atoms with E-state index in [1.165, 1.54) is 0 Å². The lowest BCUT2D eigenvalue weighted by molar-refractivity contribution is 0.360. The van der Waals surface area contributed by atoms with Gasteiger partial charge in [-0.2, -0.15) is 4.98 Å². The zero-order valence-corrected chi connectivity index (χ0v) is 12.2. The molecule has 0 fully saturated rings. The fourth-order valence-electron chi connectivity index (χ4n) is 1.92. The van der Waals surface area contributed by atoms with Gasteiger partial charge >= 0.3 is 0 Å². The molecule has 7 heteroatoms. The summed E-state index contributed by atoms with van der Waals surface area (Å²) in [6, 6.07) is 10.0. The average Bonchev–Trinajstić information content (AvgIpc) is 3.10. The minimum absolute atomic E-state index is 0.171. The SMILES string of the molecule is CC(Cl)c1cn(Cc2nc(Cc3ccccc3)no2)nn1. The minimum atomic E-state index is -0.171. The van der Waals surface area contributed by atoms with Crippen LogP contribution in [0.2, 0.25) is 0 Å². The average molecular weight is 304 g/mol. The summed E-state index contributed by atoms with van der Waals surface area (Å²) in [7, 11) is 0. The Morgan fingerprint density at radius 2 is 2.10 bits per heavy atom. The first-order valence-electron chi connectivity index (χ1n) is 6.60. The highest BCUT2D eigenvalue weighted by molar-refractivity contribution is 6.20. The van der Waals surface area contributed by atoms with Crippen molar-refractivity contribution in [2.75, 3.05) is 0 Å². The molecule has 3 aromatic rings. The van der Waals surface area contributed by atoms with E-state index in [0.29, 0.717) is 24.7 Å². The van der Waals surface area contributed by atoms with Crippen LogP contribution in [0.1, 0.15) is 35.3 Å². The van der Waals surface area contributed by atoms with Crippen LogP contribution in [0.4, 0.5) is 0 Å². The van der Waals surface area contributed by atoms with E-state index in [-0.39, 0.29) is 5.38 Å². The van der Waals surface area contributed by atoms with Crippen molar-refractivity contribution < 1.29 is 4.52 Å². The van der Waals surface area contributed by atoms with Crippen molar-refractivity contribution in [3.05, 3.63) is 59.5 Å². The van der Waals surface area contributed by atoms with Crippen LogP contribution in [0.3, 0.4) is 0 Å². The van der Waals surface area contributed by atoms with E-state index in [9.17, 15) is 0 Å². The Balaban J connectivity index is 1.67. The summed E-state index contributed by atoms with van der Waals surface area (Å²) in [5.74, 6) is 1.15. The first kappa shape index (κ1) is 13.8. The van der Waals surface area contributed by atoms with E-state index in [0.717, 1.165) is 11.3 Å². The molecule has 108 valence electrons.